The molecule has 0 saturated heterocycles. The van der Waals surface area contributed by atoms with Crippen molar-refractivity contribution < 1.29 is 23.5 Å². The zero-order chi connectivity index (χ0) is 19.8. The number of rotatable bonds is 8. The van der Waals surface area contributed by atoms with Crippen molar-refractivity contribution in [1.82, 2.24) is 5.16 Å². The number of nitrogens with zero attached hydrogens (tertiary/aromatic N) is 1. The molecular weight excluding hydrogens is 358 g/mol. The van der Waals surface area contributed by atoms with Gasteiger partial charge in [-0.15, -0.1) is 0 Å². The molecule has 3 rings (SSSR count). The van der Waals surface area contributed by atoms with Gasteiger partial charge in [0.15, 0.2) is 17.3 Å². The first-order valence-electron chi connectivity index (χ1n) is 8.86. The fourth-order valence-electron chi connectivity index (χ4n) is 2.54. The molecule has 1 aromatic heterocycles. The van der Waals surface area contributed by atoms with E-state index in [1.807, 2.05) is 43.3 Å². The Bertz CT molecular complexity index is 947. The molecule has 6 heteroatoms. The van der Waals surface area contributed by atoms with Gasteiger partial charge >= 0.3 is 5.97 Å². The molecule has 0 spiro atoms. The zero-order valence-electron chi connectivity index (χ0n) is 15.8. The maximum atomic E-state index is 12.0. The summed E-state index contributed by atoms with van der Waals surface area (Å²) in [4.78, 5) is 12.0. The van der Waals surface area contributed by atoms with Crippen LogP contribution in [-0.2, 0) is 16.1 Å². The number of benzene rings is 2. The standard InChI is InChI=1S/C22H21NO5/c1-3-26-19-11-9-16(13-21(19)25-2)10-12-22(24)27-15-18-14-20(28-23-18)17-7-5-4-6-8-17/h4-14H,3,15H2,1-2H3/b12-10+. The number of esters is 1. The third-order valence-electron chi connectivity index (χ3n) is 3.88. The Morgan fingerprint density at radius 2 is 1.93 bits per heavy atom. The summed E-state index contributed by atoms with van der Waals surface area (Å²) in [5.41, 5.74) is 2.25. The van der Waals surface area contributed by atoms with Crippen molar-refractivity contribution in [1.29, 1.82) is 0 Å². The average Bonchev–Trinajstić information content (AvgIpc) is 3.21. The number of aromatic nitrogens is 1. The molecule has 28 heavy (non-hydrogen) atoms. The van der Waals surface area contributed by atoms with E-state index in [1.54, 1.807) is 31.4 Å². The molecule has 0 radical (unpaired) electrons. The van der Waals surface area contributed by atoms with Gasteiger partial charge in [0, 0.05) is 17.7 Å². The Hall–Kier alpha value is -3.54. The van der Waals surface area contributed by atoms with Crippen LogP contribution in [0.4, 0.5) is 0 Å². The summed E-state index contributed by atoms with van der Waals surface area (Å²) in [5, 5.41) is 3.93. The van der Waals surface area contributed by atoms with Gasteiger partial charge in [0.1, 0.15) is 12.3 Å². The summed E-state index contributed by atoms with van der Waals surface area (Å²) in [6.07, 6.45) is 3.01. The second-order valence-corrected chi connectivity index (χ2v) is 5.83. The minimum Gasteiger partial charge on any atom is -0.493 e. The van der Waals surface area contributed by atoms with Crippen LogP contribution in [0.1, 0.15) is 18.2 Å². The molecule has 0 bridgehead atoms. The second kappa shape index (κ2) is 9.41. The van der Waals surface area contributed by atoms with Crippen LogP contribution in [-0.4, -0.2) is 24.8 Å². The van der Waals surface area contributed by atoms with Crippen LogP contribution in [0.5, 0.6) is 11.5 Å². The van der Waals surface area contributed by atoms with Crippen molar-refractivity contribution in [3.8, 4) is 22.8 Å². The minimum atomic E-state index is -0.475. The number of methoxy groups -OCH3 is 1. The van der Waals surface area contributed by atoms with Crippen LogP contribution >= 0.6 is 0 Å². The largest absolute Gasteiger partial charge is 0.493 e. The van der Waals surface area contributed by atoms with E-state index in [1.165, 1.54) is 6.08 Å². The van der Waals surface area contributed by atoms with Crippen molar-refractivity contribution in [3.63, 3.8) is 0 Å². The van der Waals surface area contributed by atoms with E-state index in [9.17, 15) is 4.79 Å². The van der Waals surface area contributed by atoms with Crippen molar-refractivity contribution >= 4 is 12.0 Å². The molecular formula is C22H21NO5. The molecule has 0 amide bonds. The number of carbonyl (C=O) groups is 1. The summed E-state index contributed by atoms with van der Waals surface area (Å²) < 4.78 is 21.3. The molecule has 2 aromatic carbocycles. The molecule has 0 aliphatic carbocycles. The highest BCUT2D eigenvalue weighted by Gasteiger charge is 2.08. The predicted octanol–water partition coefficient (Wildman–Crippen LogP) is 4.51. The monoisotopic (exact) mass is 379 g/mol. The Balaban J connectivity index is 1.56. The molecule has 0 fully saturated rings. The lowest BCUT2D eigenvalue weighted by Gasteiger charge is -2.09. The fourth-order valence-corrected chi connectivity index (χ4v) is 2.54. The molecule has 144 valence electrons. The fraction of sp³-hybridized carbons (Fsp3) is 0.182. The highest BCUT2D eigenvalue weighted by atomic mass is 16.5. The Morgan fingerprint density at radius 3 is 2.68 bits per heavy atom. The molecule has 0 N–H and O–H groups in total. The maximum absolute atomic E-state index is 12.0. The first kappa shape index (κ1) is 19.2. The Morgan fingerprint density at radius 1 is 1.11 bits per heavy atom. The van der Waals surface area contributed by atoms with E-state index in [4.69, 9.17) is 18.7 Å². The van der Waals surface area contributed by atoms with E-state index in [0.29, 0.717) is 29.6 Å². The zero-order valence-corrected chi connectivity index (χ0v) is 15.8. The Labute approximate surface area is 163 Å². The molecule has 0 aliphatic rings. The van der Waals surface area contributed by atoms with Crippen LogP contribution in [0.15, 0.2) is 65.2 Å². The van der Waals surface area contributed by atoms with Crippen molar-refractivity contribution in [3.05, 3.63) is 71.9 Å². The SMILES string of the molecule is CCOc1ccc(/C=C/C(=O)OCc2cc(-c3ccccc3)on2)cc1OC. The second-order valence-electron chi connectivity index (χ2n) is 5.83. The lowest BCUT2D eigenvalue weighted by molar-refractivity contribution is -0.139. The number of hydrogen-bond acceptors (Lipinski definition) is 6. The highest BCUT2D eigenvalue weighted by molar-refractivity contribution is 5.87. The molecule has 0 atom stereocenters. The van der Waals surface area contributed by atoms with Gasteiger partial charge in [-0.3, -0.25) is 0 Å². The summed E-state index contributed by atoms with van der Waals surface area (Å²) >= 11 is 0. The molecule has 0 saturated carbocycles. The van der Waals surface area contributed by atoms with Gasteiger partial charge in [0.2, 0.25) is 0 Å². The van der Waals surface area contributed by atoms with E-state index >= 15 is 0 Å². The number of hydrogen-bond donors (Lipinski definition) is 0. The normalized spacial score (nSPS) is 10.8. The van der Waals surface area contributed by atoms with Gasteiger partial charge in [-0.25, -0.2) is 4.79 Å². The van der Waals surface area contributed by atoms with E-state index in [-0.39, 0.29) is 6.61 Å². The van der Waals surface area contributed by atoms with Crippen molar-refractivity contribution in [2.45, 2.75) is 13.5 Å². The number of ether oxygens (including phenoxy) is 3. The first-order valence-corrected chi connectivity index (χ1v) is 8.86. The van der Waals surface area contributed by atoms with Crippen LogP contribution in [0, 0.1) is 0 Å². The van der Waals surface area contributed by atoms with E-state index in [0.717, 1.165) is 11.1 Å². The molecule has 0 aliphatic heterocycles. The first-order chi connectivity index (χ1) is 13.7. The quantitative estimate of drug-likeness (QED) is 0.424. The van der Waals surface area contributed by atoms with Gasteiger partial charge in [0.25, 0.3) is 0 Å². The van der Waals surface area contributed by atoms with Gasteiger partial charge in [-0.2, -0.15) is 0 Å². The van der Waals surface area contributed by atoms with Crippen molar-refractivity contribution in [2.75, 3.05) is 13.7 Å². The summed E-state index contributed by atoms with van der Waals surface area (Å²) in [6, 6.07) is 16.8. The molecule has 1 heterocycles. The van der Waals surface area contributed by atoms with Gasteiger partial charge in [0.05, 0.1) is 13.7 Å². The smallest absolute Gasteiger partial charge is 0.331 e. The van der Waals surface area contributed by atoms with E-state index in [2.05, 4.69) is 5.16 Å². The molecule has 3 aromatic rings. The minimum absolute atomic E-state index is 0.0338. The van der Waals surface area contributed by atoms with Crippen molar-refractivity contribution in [2.24, 2.45) is 0 Å². The molecule has 6 nitrogen and oxygen atoms in total. The summed E-state index contributed by atoms with van der Waals surface area (Å²) in [5.74, 6) is 1.42. The lowest BCUT2D eigenvalue weighted by Crippen LogP contribution is -2.00. The van der Waals surface area contributed by atoms with Crippen LogP contribution in [0.3, 0.4) is 0 Å². The average molecular weight is 379 g/mol. The Kier molecular flexibility index (Phi) is 6.46. The van der Waals surface area contributed by atoms with Gasteiger partial charge in [-0.1, -0.05) is 41.6 Å². The maximum Gasteiger partial charge on any atom is 0.331 e. The summed E-state index contributed by atoms with van der Waals surface area (Å²) in [6.45, 7) is 2.49. The van der Waals surface area contributed by atoms with Gasteiger partial charge < -0.3 is 18.7 Å². The molecule has 0 unspecified atom stereocenters. The third kappa shape index (κ3) is 5.01. The third-order valence-corrected chi connectivity index (χ3v) is 3.88. The summed E-state index contributed by atoms with van der Waals surface area (Å²) in [7, 11) is 1.57. The highest BCUT2D eigenvalue weighted by Crippen LogP contribution is 2.28. The van der Waals surface area contributed by atoms with Crippen LogP contribution < -0.4 is 9.47 Å². The van der Waals surface area contributed by atoms with E-state index < -0.39 is 5.97 Å². The lowest BCUT2D eigenvalue weighted by atomic mass is 10.2. The van der Waals surface area contributed by atoms with Crippen LogP contribution in [0.25, 0.3) is 17.4 Å². The van der Waals surface area contributed by atoms with Gasteiger partial charge in [-0.05, 0) is 30.7 Å². The topological polar surface area (TPSA) is 70.8 Å². The number of carbonyl (C=O) groups excluding carboxylic acids is 1. The predicted molar refractivity (Wildman–Crippen MR) is 105 cm³/mol. The van der Waals surface area contributed by atoms with Crippen LogP contribution in [0.2, 0.25) is 0 Å².